The van der Waals surface area contributed by atoms with Crippen LogP contribution in [0.1, 0.15) is 58.1 Å². The van der Waals surface area contributed by atoms with Gasteiger partial charge in [-0.2, -0.15) is 0 Å². The molecule has 0 bridgehead atoms. The first-order valence-electron chi connectivity index (χ1n) is 7.92. The van der Waals surface area contributed by atoms with Gasteiger partial charge in [0.2, 0.25) is 0 Å². The predicted molar refractivity (Wildman–Crippen MR) is 84.6 cm³/mol. The van der Waals surface area contributed by atoms with Gasteiger partial charge >= 0.3 is 0 Å². The zero-order valence-electron chi connectivity index (χ0n) is 13.1. The van der Waals surface area contributed by atoms with Crippen molar-refractivity contribution in [1.82, 2.24) is 5.32 Å². The smallest absolute Gasteiger partial charge is 0.0580 e. The van der Waals surface area contributed by atoms with Crippen LogP contribution in [0, 0.1) is 11.3 Å². The van der Waals surface area contributed by atoms with E-state index in [2.05, 4.69) is 56.4 Å². The van der Waals surface area contributed by atoms with Crippen molar-refractivity contribution < 1.29 is 5.11 Å². The lowest BCUT2D eigenvalue weighted by Gasteiger charge is -2.29. The Labute approximate surface area is 123 Å². The molecule has 0 spiro atoms. The summed E-state index contributed by atoms with van der Waals surface area (Å²) >= 11 is 0. The third kappa shape index (κ3) is 4.60. The van der Waals surface area contributed by atoms with Gasteiger partial charge < -0.3 is 10.4 Å². The van der Waals surface area contributed by atoms with Gasteiger partial charge in [-0.1, -0.05) is 57.5 Å². The number of benzene rings is 1. The molecule has 1 saturated carbocycles. The predicted octanol–water partition coefficient (Wildman–Crippen LogP) is 3.91. The molecule has 0 heterocycles. The van der Waals surface area contributed by atoms with Gasteiger partial charge in [0.1, 0.15) is 0 Å². The Kier molecular flexibility index (Phi) is 5.22. The van der Waals surface area contributed by atoms with E-state index < -0.39 is 0 Å². The summed E-state index contributed by atoms with van der Waals surface area (Å²) in [5.41, 5.74) is 1.65. The Balaban J connectivity index is 1.99. The van der Waals surface area contributed by atoms with Crippen molar-refractivity contribution in [2.75, 3.05) is 6.54 Å². The minimum Gasteiger partial charge on any atom is -0.393 e. The summed E-state index contributed by atoms with van der Waals surface area (Å²) in [5.74, 6) is 0.432. The highest BCUT2D eigenvalue weighted by molar-refractivity contribution is 5.19. The van der Waals surface area contributed by atoms with E-state index >= 15 is 0 Å². The quantitative estimate of drug-likeness (QED) is 0.854. The van der Waals surface area contributed by atoms with Gasteiger partial charge in [0.05, 0.1) is 6.10 Å². The van der Waals surface area contributed by atoms with Gasteiger partial charge in [0, 0.05) is 12.6 Å². The zero-order chi connectivity index (χ0) is 14.6. The molecule has 0 radical (unpaired) electrons. The summed E-state index contributed by atoms with van der Waals surface area (Å²) < 4.78 is 0. The van der Waals surface area contributed by atoms with Crippen LogP contribution >= 0.6 is 0 Å². The molecule has 0 aliphatic heterocycles. The van der Waals surface area contributed by atoms with Crippen molar-refractivity contribution in [3.8, 4) is 0 Å². The maximum atomic E-state index is 9.96. The molecule has 20 heavy (non-hydrogen) atoms. The Morgan fingerprint density at radius 1 is 1.20 bits per heavy atom. The highest BCUT2D eigenvalue weighted by atomic mass is 16.3. The molecular formula is C18H29NO. The van der Waals surface area contributed by atoms with Gasteiger partial charge in [-0.05, 0) is 36.2 Å². The molecule has 1 fully saturated rings. The minimum absolute atomic E-state index is 0.103. The molecule has 2 heteroatoms. The van der Waals surface area contributed by atoms with Crippen LogP contribution in [0.25, 0.3) is 0 Å². The average molecular weight is 275 g/mol. The highest BCUT2D eigenvalue weighted by Crippen LogP contribution is 2.31. The van der Waals surface area contributed by atoms with Gasteiger partial charge in [0.15, 0.2) is 0 Å². The van der Waals surface area contributed by atoms with E-state index in [4.69, 9.17) is 0 Å². The zero-order valence-corrected chi connectivity index (χ0v) is 13.1. The molecule has 1 aliphatic carbocycles. The van der Waals surface area contributed by atoms with E-state index in [0.717, 1.165) is 25.8 Å². The Bertz CT molecular complexity index is 396. The Hall–Kier alpha value is -0.860. The minimum atomic E-state index is -0.103. The number of nitrogens with one attached hydrogen (secondary N) is 1. The van der Waals surface area contributed by atoms with Gasteiger partial charge in [-0.3, -0.25) is 0 Å². The number of hydrogen-bond acceptors (Lipinski definition) is 2. The van der Waals surface area contributed by atoms with E-state index in [-0.39, 0.29) is 6.10 Å². The molecule has 1 aromatic rings. The molecule has 112 valence electrons. The Morgan fingerprint density at radius 2 is 1.90 bits per heavy atom. The van der Waals surface area contributed by atoms with Crippen LogP contribution in [0.2, 0.25) is 0 Å². The van der Waals surface area contributed by atoms with Crippen LogP contribution in [0.5, 0.6) is 0 Å². The monoisotopic (exact) mass is 275 g/mol. The molecular weight excluding hydrogens is 246 g/mol. The van der Waals surface area contributed by atoms with Crippen LogP contribution in [-0.4, -0.2) is 17.8 Å². The van der Waals surface area contributed by atoms with Gasteiger partial charge in [0.25, 0.3) is 0 Å². The van der Waals surface area contributed by atoms with Crippen molar-refractivity contribution in [3.05, 3.63) is 35.9 Å². The standard InChI is InChI=1S/C18H29NO/c1-18(2,3)12-16(14-8-5-4-6-9-14)19-13-15-10-7-11-17(15)20/h4-6,8-9,15-17,19-20H,7,10-13H2,1-3H3. The molecule has 3 unspecified atom stereocenters. The second-order valence-electron chi connectivity index (χ2n) is 7.39. The number of aliphatic hydroxyl groups excluding tert-OH is 1. The van der Waals surface area contributed by atoms with E-state index in [1.807, 2.05) is 0 Å². The number of aliphatic hydroxyl groups is 1. The molecule has 1 aliphatic rings. The summed E-state index contributed by atoms with van der Waals surface area (Å²) in [4.78, 5) is 0. The SMILES string of the molecule is CC(C)(C)CC(NCC1CCCC1O)c1ccccc1. The molecule has 0 aromatic heterocycles. The first kappa shape index (κ1) is 15.5. The lowest BCUT2D eigenvalue weighted by Crippen LogP contribution is -2.32. The maximum Gasteiger partial charge on any atom is 0.0580 e. The molecule has 2 nitrogen and oxygen atoms in total. The average Bonchev–Trinajstić information content (AvgIpc) is 2.80. The number of rotatable bonds is 5. The molecule has 0 saturated heterocycles. The third-order valence-corrected chi connectivity index (χ3v) is 4.26. The summed E-state index contributed by atoms with van der Waals surface area (Å²) in [6, 6.07) is 11.1. The lowest BCUT2D eigenvalue weighted by molar-refractivity contribution is 0.128. The second kappa shape index (κ2) is 6.73. The molecule has 0 amide bonds. The summed E-state index contributed by atoms with van der Waals surface area (Å²) in [6.07, 6.45) is 4.31. The summed E-state index contributed by atoms with van der Waals surface area (Å²) in [5, 5.41) is 13.7. The van der Waals surface area contributed by atoms with Gasteiger partial charge in [-0.25, -0.2) is 0 Å². The van der Waals surface area contributed by atoms with E-state index in [1.54, 1.807) is 0 Å². The van der Waals surface area contributed by atoms with Crippen LogP contribution < -0.4 is 5.32 Å². The normalized spacial score (nSPS) is 24.8. The maximum absolute atomic E-state index is 9.96. The van der Waals surface area contributed by atoms with Crippen LogP contribution in [0.3, 0.4) is 0 Å². The third-order valence-electron chi connectivity index (χ3n) is 4.26. The fourth-order valence-corrected chi connectivity index (χ4v) is 3.15. The second-order valence-corrected chi connectivity index (χ2v) is 7.39. The van der Waals surface area contributed by atoms with Gasteiger partial charge in [-0.15, -0.1) is 0 Å². The Morgan fingerprint density at radius 3 is 2.45 bits per heavy atom. The molecule has 3 atom stereocenters. The first-order valence-corrected chi connectivity index (χ1v) is 7.92. The van der Waals surface area contributed by atoms with Crippen molar-refractivity contribution in [2.45, 2.75) is 58.6 Å². The molecule has 2 rings (SSSR count). The van der Waals surface area contributed by atoms with Crippen LogP contribution in [0.4, 0.5) is 0 Å². The van der Waals surface area contributed by atoms with Crippen LogP contribution in [0.15, 0.2) is 30.3 Å². The lowest BCUT2D eigenvalue weighted by atomic mass is 9.85. The summed E-state index contributed by atoms with van der Waals surface area (Å²) in [6.45, 7) is 7.79. The van der Waals surface area contributed by atoms with Crippen molar-refractivity contribution in [3.63, 3.8) is 0 Å². The first-order chi connectivity index (χ1) is 9.46. The van der Waals surface area contributed by atoms with Crippen molar-refractivity contribution in [1.29, 1.82) is 0 Å². The van der Waals surface area contributed by atoms with E-state index in [1.165, 1.54) is 12.0 Å². The largest absolute Gasteiger partial charge is 0.393 e. The van der Waals surface area contributed by atoms with Crippen LogP contribution in [-0.2, 0) is 0 Å². The summed E-state index contributed by atoms with van der Waals surface area (Å²) in [7, 11) is 0. The fourth-order valence-electron chi connectivity index (χ4n) is 3.15. The molecule has 1 aromatic carbocycles. The van der Waals surface area contributed by atoms with Crippen molar-refractivity contribution >= 4 is 0 Å². The van der Waals surface area contributed by atoms with E-state index in [9.17, 15) is 5.11 Å². The highest BCUT2D eigenvalue weighted by Gasteiger charge is 2.27. The fraction of sp³-hybridized carbons (Fsp3) is 0.667. The topological polar surface area (TPSA) is 32.3 Å². The molecule has 2 N–H and O–H groups in total. The van der Waals surface area contributed by atoms with Crippen molar-refractivity contribution in [2.24, 2.45) is 11.3 Å². The van der Waals surface area contributed by atoms with E-state index in [0.29, 0.717) is 17.4 Å². The number of hydrogen-bond donors (Lipinski definition) is 2.